The molecule has 0 saturated heterocycles. The fourth-order valence-electron chi connectivity index (χ4n) is 0.564. The van der Waals surface area contributed by atoms with Crippen molar-refractivity contribution in [3.8, 4) is 0 Å². The number of benzene rings is 1. The quantitative estimate of drug-likeness (QED) is 0.642. The predicted molar refractivity (Wildman–Crippen MR) is 34.0 cm³/mol. The number of hydrogen-bond donors (Lipinski definition) is 0. The molecule has 0 aliphatic rings. The molecule has 0 bridgehead atoms. The van der Waals surface area contributed by atoms with Crippen LogP contribution in [0.1, 0.15) is 0 Å². The van der Waals surface area contributed by atoms with E-state index in [-0.39, 0.29) is 3.58 Å². The molecule has 0 heterocycles. The van der Waals surface area contributed by atoms with E-state index in [1.165, 1.54) is 12.1 Å². The predicted octanol–water partition coefficient (Wildman–Crippen LogP) is 1.32. The van der Waals surface area contributed by atoms with Gasteiger partial charge in [0, 0.05) is 0 Å². The number of rotatable bonds is 1. The summed E-state index contributed by atoms with van der Waals surface area (Å²) in [5, 5.41) is 0. The Morgan fingerprint density at radius 3 is 1.89 bits per heavy atom. The molecule has 9 heavy (non-hydrogen) atoms. The maximum atomic E-state index is 12.0. The Morgan fingerprint density at radius 2 is 1.56 bits per heavy atom. The molecule has 0 fully saturated rings. The van der Waals surface area contributed by atoms with Gasteiger partial charge in [0.05, 0.1) is 0 Å². The van der Waals surface area contributed by atoms with Crippen molar-refractivity contribution in [3.63, 3.8) is 0 Å². The van der Waals surface area contributed by atoms with Gasteiger partial charge < -0.3 is 0 Å². The Balaban J connectivity index is 2.85. The van der Waals surface area contributed by atoms with Crippen LogP contribution in [-0.2, 0) is 0 Å². The normalized spacial score (nSPS) is 10.1. The van der Waals surface area contributed by atoms with Gasteiger partial charge in [-0.2, -0.15) is 0 Å². The fourth-order valence-corrected chi connectivity index (χ4v) is 1.83. The molecule has 0 saturated carbocycles. The van der Waals surface area contributed by atoms with Crippen molar-refractivity contribution in [1.82, 2.24) is 0 Å². The van der Waals surface area contributed by atoms with Gasteiger partial charge in [-0.05, 0) is 0 Å². The van der Waals surface area contributed by atoms with Crippen molar-refractivity contribution in [3.05, 3.63) is 30.3 Å². The third-order valence-corrected chi connectivity index (χ3v) is 3.19. The van der Waals surface area contributed by atoms with Gasteiger partial charge in [-0.1, -0.05) is 0 Å². The fraction of sp³-hybridized carbons (Fsp3) is 0. The van der Waals surface area contributed by atoms with Crippen molar-refractivity contribution in [2.45, 2.75) is 0 Å². The van der Waals surface area contributed by atoms with E-state index in [1.807, 2.05) is 0 Å². The molecule has 3 heteroatoms. The van der Waals surface area contributed by atoms with Crippen LogP contribution >= 0.6 is 0 Å². The van der Waals surface area contributed by atoms with Gasteiger partial charge in [0.2, 0.25) is 0 Å². The third-order valence-electron chi connectivity index (χ3n) is 0.992. The van der Waals surface area contributed by atoms with E-state index in [1.54, 1.807) is 18.2 Å². The topological polar surface area (TPSA) is 0 Å². The zero-order valence-corrected chi connectivity index (χ0v) is 7.50. The van der Waals surface area contributed by atoms with Gasteiger partial charge >= 0.3 is 60.5 Å². The summed E-state index contributed by atoms with van der Waals surface area (Å²) in [5.41, 5.74) is 0. The Kier molecular flexibility index (Phi) is 2.45. The van der Waals surface area contributed by atoms with Crippen LogP contribution in [0.15, 0.2) is 30.3 Å². The van der Waals surface area contributed by atoms with E-state index in [9.17, 15) is 5.73 Å². The molecule has 1 rings (SSSR count). The summed E-state index contributed by atoms with van der Waals surface area (Å²) in [5.74, 6) is 0. The Labute approximate surface area is 60.8 Å². The van der Waals surface area contributed by atoms with Crippen molar-refractivity contribution < 1.29 is 5.73 Å². The Bertz CT molecular complexity index is 174. The average Bonchev–Trinajstić information content (AvgIpc) is 1.90. The minimum absolute atomic E-state index is 0.278. The first-order valence-corrected chi connectivity index (χ1v) is 6.12. The van der Waals surface area contributed by atoms with Crippen LogP contribution < -0.4 is 3.58 Å². The first kappa shape index (κ1) is 6.99. The molecule has 0 spiro atoms. The van der Waals surface area contributed by atoms with Crippen LogP contribution in [0, 0.1) is 0 Å². The van der Waals surface area contributed by atoms with Crippen LogP contribution in [0.3, 0.4) is 0 Å². The van der Waals surface area contributed by atoms with Crippen LogP contribution in [0.25, 0.3) is 0 Å². The molecule has 1 aromatic rings. The van der Waals surface area contributed by atoms with E-state index < -0.39 is 20.9 Å². The second-order valence-corrected chi connectivity index (χ2v) is 4.76. The van der Waals surface area contributed by atoms with Crippen LogP contribution in [0.4, 0.5) is 5.73 Å². The summed E-state index contributed by atoms with van der Waals surface area (Å²) in [6.45, 7) is 0. The Hall–Kier alpha value is -0.121. The molecular weight excluding hydrogens is 229 g/mol. The molecule has 1 radical (unpaired) electrons. The van der Waals surface area contributed by atoms with E-state index in [0.717, 1.165) is 0 Å². The van der Waals surface area contributed by atoms with Crippen molar-refractivity contribution in [2.24, 2.45) is 0 Å². The monoisotopic (exact) mass is 235 g/mol. The average molecular weight is 234 g/mol. The maximum absolute atomic E-state index is 12.0. The molecule has 1 aromatic carbocycles. The van der Waals surface area contributed by atoms with Gasteiger partial charge in [0.1, 0.15) is 0 Å². The summed E-state index contributed by atoms with van der Waals surface area (Å²) in [6.07, 6.45) is 0. The zero-order valence-electron chi connectivity index (χ0n) is 4.64. The minimum atomic E-state index is -4.02. The Morgan fingerprint density at radius 1 is 1.00 bits per heavy atom. The van der Waals surface area contributed by atoms with Crippen molar-refractivity contribution in [1.29, 1.82) is 0 Å². The second-order valence-electron chi connectivity index (χ2n) is 1.63. The summed E-state index contributed by atoms with van der Waals surface area (Å²) in [4.78, 5) is 0. The molecule has 0 unspecified atom stereocenters. The molecule has 0 aliphatic heterocycles. The van der Waals surface area contributed by atoms with E-state index >= 15 is 0 Å². The molecule has 0 amide bonds. The van der Waals surface area contributed by atoms with Gasteiger partial charge in [-0.25, -0.2) is 0 Å². The summed E-state index contributed by atoms with van der Waals surface area (Å²) in [7, 11) is 0. The van der Waals surface area contributed by atoms with Gasteiger partial charge in [0.15, 0.2) is 0 Å². The van der Waals surface area contributed by atoms with Gasteiger partial charge in [-0.3, -0.25) is 0 Å². The SMILES string of the molecule is [F][Sn]([F])[c]1ccccc1. The summed E-state index contributed by atoms with van der Waals surface area (Å²) < 4.78 is 24.2. The molecule has 0 nitrogen and oxygen atoms in total. The first-order chi connectivity index (χ1) is 4.30. The van der Waals surface area contributed by atoms with Crippen molar-refractivity contribution >= 4 is 24.5 Å². The van der Waals surface area contributed by atoms with E-state index in [2.05, 4.69) is 0 Å². The second kappa shape index (κ2) is 3.15. The summed E-state index contributed by atoms with van der Waals surface area (Å²) in [6, 6.07) is 8.03. The molecular formula is C6H5F2Sn. The van der Waals surface area contributed by atoms with E-state index in [0.29, 0.717) is 0 Å². The van der Waals surface area contributed by atoms with Crippen LogP contribution in [0.5, 0.6) is 0 Å². The van der Waals surface area contributed by atoms with Crippen molar-refractivity contribution in [2.75, 3.05) is 0 Å². The molecule has 0 atom stereocenters. The summed E-state index contributed by atoms with van der Waals surface area (Å²) >= 11 is -4.02. The van der Waals surface area contributed by atoms with Crippen LogP contribution in [-0.4, -0.2) is 20.9 Å². The van der Waals surface area contributed by atoms with Crippen LogP contribution in [0.2, 0.25) is 0 Å². The number of halogens is 2. The zero-order chi connectivity index (χ0) is 6.69. The molecule has 0 aliphatic carbocycles. The number of hydrogen-bond acceptors (Lipinski definition) is 0. The van der Waals surface area contributed by atoms with Gasteiger partial charge in [-0.15, -0.1) is 0 Å². The first-order valence-electron chi connectivity index (χ1n) is 2.54. The molecule has 0 aromatic heterocycles. The standard InChI is InChI=1S/C6H5.2FH.Sn/c1-2-4-6-5-3-1;;;/h1-5H;2*1H;/q;;;+2/p-2. The van der Waals surface area contributed by atoms with E-state index in [4.69, 9.17) is 0 Å². The third kappa shape index (κ3) is 1.93. The van der Waals surface area contributed by atoms with Gasteiger partial charge in [0.25, 0.3) is 0 Å². The molecule has 0 N–H and O–H groups in total. The molecule has 47 valence electrons.